The molecule has 0 saturated heterocycles. The molecule has 0 aliphatic heterocycles. The average molecular weight is 480 g/mol. The SMILES string of the molecule is Cc1cc(C)cc(NC(=O)NNc2cc(S(C)(=O)=O)c(OS(C)=O)cc2C(F)(F)F)c1. The third-order valence-corrected chi connectivity index (χ3v) is 5.32. The lowest BCUT2D eigenvalue weighted by Crippen LogP contribution is -2.34. The number of aryl methyl sites for hydroxylation is 2. The van der Waals surface area contributed by atoms with E-state index in [2.05, 4.69) is 10.7 Å². The van der Waals surface area contributed by atoms with Crippen LogP contribution in [0.25, 0.3) is 0 Å². The molecule has 0 saturated carbocycles. The number of urea groups is 1. The van der Waals surface area contributed by atoms with Crippen LogP contribution in [0.2, 0.25) is 0 Å². The summed E-state index contributed by atoms with van der Waals surface area (Å²) in [5, 5.41) is 2.46. The minimum Gasteiger partial charge on any atom is -0.399 e. The molecular weight excluding hydrogens is 459 g/mol. The number of hydrogen-bond acceptors (Lipinski definition) is 6. The van der Waals surface area contributed by atoms with Crippen LogP contribution < -0.4 is 20.4 Å². The summed E-state index contributed by atoms with van der Waals surface area (Å²) in [7, 11) is -4.06. The van der Waals surface area contributed by atoms with Crippen LogP contribution in [0.5, 0.6) is 5.75 Å². The predicted molar refractivity (Wildman–Crippen MR) is 111 cm³/mol. The molecule has 0 fully saturated rings. The summed E-state index contributed by atoms with van der Waals surface area (Å²) < 4.78 is 80.6. The number of alkyl halides is 3. The van der Waals surface area contributed by atoms with E-state index in [1.54, 1.807) is 12.1 Å². The van der Waals surface area contributed by atoms with E-state index in [1.807, 2.05) is 25.3 Å². The second-order valence-electron chi connectivity index (χ2n) is 6.68. The molecule has 13 heteroatoms. The van der Waals surface area contributed by atoms with Gasteiger partial charge in [-0.05, 0) is 49.2 Å². The molecule has 0 aliphatic rings. The summed E-state index contributed by atoms with van der Waals surface area (Å²) in [5.74, 6) is -0.721. The van der Waals surface area contributed by atoms with Crippen LogP contribution >= 0.6 is 0 Å². The van der Waals surface area contributed by atoms with Crippen LogP contribution in [0.4, 0.5) is 29.3 Å². The maximum Gasteiger partial charge on any atom is 0.418 e. The zero-order valence-electron chi connectivity index (χ0n) is 16.9. The summed E-state index contributed by atoms with van der Waals surface area (Å²) in [6.07, 6.45) is -3.15. The Balaban J connectivity index is 2.37. The van der Waals surface area contributed by atoms with Crippen molar-refractivity contribution in [3.05, 3.63) is 47.0 Å². The van der Waals surface area contributed by atoms with Gasteiger partial charge in [0.25, 0.3) is 0 Å². The second kappa shape index (κ2) is 9.14. The number of halogens is 3. The Labute approximate surface area is 179 Å². The van der Waals surface area contributed by atoms with Crippen molar-refractivity contribution in [2.24, 2.45) is 0 Å². The highest BCUT2D eigenvalue weighted by atomic mass is 32.2. The number of hydrogen-bond donors (Lipinski definition) is 3. The van der Waals surface area contributed by atoms with E-state index in [1.165, 1.54) is 0 Å². The van der Waals surface area contributed by atoms with Gasteiger partial charge in [-0.2, -0.15) is 13.2 Å². The Morgan fingerprint density at radius 2 is 1.65 bits per heavy atom. The molecule has 31 heavy (non-hydrogen) atoms. The summed E-state index contributed by atoms with van der Waals surface area (Å²) in [6, 6.07) is 5.37. The molecule has 2 aromatic carbocycles. The van der Waals surface area contributed by atoms with Crippen molar-refractivity contribution < 1.29 is 34.8 Å². The normalized spacial score (nSPS) is 12.7. The molecule has 0 radical (unpaired) electrons. The zero-order chi connectivity index (χ0) is 23.6. The van der Waals surface area contributed by atoms with Crippen LogP contribution in [0.3, 0.4) is 0 Å². The molecule has 0 heterocycles. The van der Waals surface area contributed by atoms with Crippen molar-refractivity contribution in [3.8, 4) is 5.75 Å². The largest absolute Gasteiger partial charge is 0.418 e. The molecule has 1 atom stereocenters. The summed E-state index contributed by atoms with van der Waals surface area (Å²) in [4.78, 5) is 11.5. The van der Waals surface area contributed by atoms with Gasteiger partial charge in [0.15, 0.2) is 15.6 Å². The number of nitrogens with one attached hydrogen (secondary N) is 3. The van der Waals surface area contributed by atoms with E-state index >= 15 is 0 Å². The van der Waals surface area contributed by atoms with Gasteiger partial charge in [0, 0.05) is 18.2 Å². The first-order valence-electron chi connectivity index (χ1n) is 8.55. The average Bonchev–Trinajstić information content (AvgIpc) is 2.57. The predicted octanol–water partition coefficient (Wildman–Crippen LogP) is 3.55. The molecule has 2 amide bonds. The number of benzene rings is 2. The van der Waals surface area contributed by atoms with Gasteiger partial charge < -0.3 is 9.50 Å². The molecule has 2 rings (SSSR count). The molecule has 0 aliphatic carbocycles. The van der Waals surface area contributed by atoms with Crippen LogP contribution in [-0.2, 0) is 27.1 Å². The van der Waals surface area contributed by atoms with Crippen molar-refractivity contribution in [1.82, 2.24) is 5.43 Å². The quantitative estimate of drug-likeness (QED) is 0.546. The minimum absolute atomic E-state index is 0.406. The molecule has 3 N–H and O–H groups in total. The maximum atomic E-state index is 13.5. The van der Waals surface area contributed by atoms with Crippen molar-refractivity contribution in [2.45, 2.75) is 24.9 Å². The fourth-order valence-electron chi connectivity index (χ4n) is 2.71. The van der Waals surface area contributed by atoms with Crippen LogP contribution in [0, 0.1) is 13.8 Å². The Kier molecular flexibility index (Phi) is 7.21. The van der Waals surface area contributed by atoms with E-state index < -0.39 is 55.0 Å². The van der Waals surface area contributed by atoms with Crippen LogP contribution in [0.1, 0.15) is 16.7 Å². The number of hydrazine groups is 1. The highest BCUT2D eigenvalue weighted by Gasteiger charge is 2.36. The van der Waals surface area contributed by atoms with Gasteiger partial charge in [0.1, 0.15) is 4.90 Å². The number of carbonyl (C=O) groups is 1. The van der Waals surface area contributed by atoms with E-state index in [9.17, 15) is 30.6 Å². The number of anilines is 2. The number of carbonyl (C=O) groups excluding carboxylic acids is 1. The smallest absolute Gasteiger partial charge is 0.399 e. The van der Waals surface area contributed by atoms with Gasteiger partial charge in [0.05, 0.1) is 11.3 Å². The number of amides is 2. The van der Waals surface area contributed by atoms with Crippen LogP contribution in [-0.4, -0.2) is 31.2 Å². The van der Waals surface area contributed by atoms with E-state index in [4.69, 9.17) is 4.18 Å². The summed E-state index contributed by atoms with van der Waals surface area (Å²) >= 11 is -2.07. The van der Waals surface area contributed by atoms with Gasteiger partial charge in [-0.3, -0.25) is 10.9 Å². The third kappa shape index (κ3) is 6.85. The lowest BCUT2D eigenvalue weighted by atomic mass is 10.1. The first-order chi connectivity index (χ1) is 14.2. The number of rotatable bonds is 6. The lowest BCUT2D eigenvalue weighted by molar-refractivity contribution is -0.137. The maximum absolute atomic E-state index is 13.5. The van der Waals surface area contributed by atoms with Crippen molar-refractivity contribution in [2.75, 3.05) is 23.3 Å². The van der Waals surface area contributed by atoms with Gasteiger partial charge >= 0.3 is 12.2 Å². The standard InChI is InChI=1S/C18H20F3N3O5S2/c1-10-5-11(2)7-12(6-10)22-17(25)24-23-14-9-16(31(4,27)28)15(29-30(3)26)8-13(14)18(19,20)21/h5-9,23H,1-4H3,(H2,22,24,25). The Hall–Kier alpha value is -2.80. The van der Waals surface area contributed by atoms with Gasteiger partial charge in [-0.25, -0.2) is 17.4 Å². The molecule has 2 aromatic rings. The third-order valence-electron chi connectivity index (χ3n) is 3.79. The fraction of sp³-hybridized carbons (Fsp3) is 0.278. The topological polar surface area (TPSA) is 114 Å². The Bertz CT molecular complexity index is 1110. The van der Waals surface area contributed by atoms with E-state index in [0.29, 0.717) is 17.8 Å². The first kappa shape index (κ1) is 24.5. The highest BCUT2D eigenvalue weighted by Crippen LogP contribution is 2.40. The van der Waals surface area contributed by atoms with Gasteiger partial charge in [-0.15, -0.1) is 0 Å². The van der Waals surface area contributed by atoms with Crippen molar-refractivity contribution in [1.29, 1.82) is 0 Å². The van der Waals surface area contributed by atoms with E-state index in [-0.39, 0.29) is 0 Å². The second-order valence-corrected chi connectivity index (χ2v) is 9.63. The Morgan fingerprint density at radius 1 is 1.06 bits per heavy atom. The minimum atomic E-state index is -4.93. The monoisotopic (exact) mass is 479 g/mol. The van der Waals surface area contributed by atoms with Gasteiger partial charge in [0.2, 0.25) is 11.1 Å². The molecule has 0 spiro atoms. The zero-order valence-corrected chi connectivity index (χ0v) is 18.5. The lowest BCUT2D eigenvalue weighted by Gasteiger charge is -2.18. The van der Waals surface area contributed by atoms with E-state index in [0.717, 1.165) is 23.6 Å². The van der Waals surface area contributed by atoms with Crippen LogP contribution in [0.15, 0.2) is 35.2 Å². The Morgan fingerprint density at radius 3 is 2.13 bits per heavy atom. The highest BCUT2D eigenvalue weighted by molar-refractivity contribution is 7.90. The summed E-state index contributed by atoms with van der Waals surface area (Å²) in [5.41, 5.74) is 4.21. The molecule has 0 aromatic heterocycles. The molecule has 0 bridgehead atoms. The molecular formula is C18H20F3N3O5S2. The summed E-state index contributed by atoms with van der Waals surface area (Å²) in [6.45, 7) is 3.62. The van der Waals surface area contributed by atoms with Crippen molar-refractivity contribution in [3.63, 3.8) is 0 Å². The molecule has 1 unspecified atom stereocenters. The number of sulfone groups is 1. The first-order valence-corrected chi connectivity index (χ1v) is 11.9. The fourth-order valence-corrected chi connectivity index (χ4v) is 3.95. The van der Waals surface area contributed by atoms with Gasteiger partial charge in [-0.1, -0.05) is 6.07 Å². The molecule has 8 nitrogen and oxygen atoms in total. The molecule has 170 valence electrons. The van der Waals surface area contributed by atoms with Crippen molar-refractivity contribution >= 4 is 38.3 Å².